The van der Waals surface area contributed by atoms with E-state index in [0.717, 1.165) is 10.9 Å². The Labute approximate surface area is 161 Å². The monoisotopic (exact) mass is 371 g/mol. The van der Waals surface area contributed by atoms with Crippen LogP contribution in [0, 0.1) is 0 Å². The third kappa shape index (κ3) is 3.64. The van der Waals surface area contributed by atoms with Crippen molar-refractivity contribution in [3.63, 3.8) is 0 Å². The number of fused-ring (bicyclic) bond motifs is 1. The summed E-state index contributed by atoms with van der Waals surface area (Å²) in [6.45, 7) is 0. The van der Waals surface area contributed by atoms with E-state index in [1.54, 1.807) is 42.6 Å². The Bertz CT molecular complexity index is 1120. The fourth-order valence-corrected chi connectivity index (χ4v) is 3.01. The van der Waals surface area contributed by atoms with Crippen LogP contribution in [0.5, 0.6) is 0 Å². The van der Waals surface area contributed by atoms with E-state index in [1.165, 1.54) is 18.4 Å². The maximum atomic E-state index is 13.2. The third-order valence-corrected chi connectivity index (χ3v) is 4.36. The second-order valence-corrected chi connectivity index (χ2v) is 6.19. The highest BCUT2D eigenvalue weighted by atomic mass is 16.5. The molecule has 0 aliphatic carbocycles. The predicted octanol–water partition coefficient (Wildman–Crippen LogP) is 4.94. The van der Waals surface area contributed by atoms with E-state index < -0.39 is 12.1 Å². The lowest BCUT2D eigenvalue weighted by Gasteiger charge is -2.16. The number of H-pyrrole nitrogens is 1. The second kappa shape index (κ2) is 7.80. The van der Waals surface area contributed by atoms with Gasteiger partial charge in [0.15, 0.2) is 6.10 Å². The molecule has 5 heteroatoms. The highest BCUT2D eigenvalue weighted by Crippen LogP contribution is 2.27. The Morgan fingerprint density at radius 1 is 0.964 bits per heavy atom. The number of para-hydroxylation sites is 1. The molecular formula is C23H17NO4. The van der Waals surface area contributed by atoms with Crippen molar-refractivity contribution in [2.24, 2.45) is 0 Å². The quantitative estimate of drug-likeness (QED) is 0.296. The maximum absolute atomic E-state index is 13.2. The first-order valence-electron chi connectivity index (χ1n) is 8.80. The highest BCUT2D eigenvalue weighted by Gasteiger charge is 2.27. The fraction of sp³-hybridized carbons (Fsp3) is 0.0435. The lowest BCUT2D eigenvalue weighted by Crippen LogP contribution is -2.19. The first-order chi connectivity index (χ1) is 13.7. The third-order valence-electron chi connectivity index (χ3n) is 4.36. The molecule has 0 saturated carbocycles. The largest absolute Gasteiger partial charge is 0.465 e. The van der Waals surface area contributed by atoms with Crippen LogP contribution in [0.3, 0.4) is 0 Å². The minimum Gasteiger partial charge on any atom is -0.465 e. The van der Waals surface area contributed by atoms with Crippen molar-refractivity contribution in [3.8, 4) is 0 Å². The Kier molecular flexibility index (Phi) is 4.89. The molecule has 0 aliphatic heterocycles. The molecule has 0 fully saturated rings. The SMILES string of the molecule is O=C(/C=C/c1ccco1)O[C@@H](C(=O)c1c[nH]c2ccccc12)c1ccccc1. The number of carbonyl (C=O) groups is 2. The summed E-state index contributed by atoms with van der Waals surface area (Å²) in [7, 11) is 0. The van der Waals surface area contributed by atoms with Gasteiger partial charge in [0.2, 0.25) is 5.78 Å². The van der Waals surface area contributed by atoms with Gasteiger partial charge in [-0.15, -0.1) is 0 Å². The van der Waals surface area contributed by atoms with Gasteiger partial charge in [0, 0.05) is 34.3 Å². The zero-order chi connectivity index (χ0) is 19.3. The second-order valence-electron chi connectivity index (χ2n) is 6.19. The van der Waals surface area contributed by atoms with Gasteiger partial charge in [-0.1, -0.05) is 48.5 Å². The molecule has 0 bridgehead atoms. The number of hydrogen-bond donors (Lipinski definition) is 1. The van der Waals surface area contributed by atoms with Gasteiger partial charge in [-0.2, -0.15) is 0 Å². The van der Waals surface area contributed by atoms with Crippen molar-refractivity contribution in [2.45, 2.75) is 6.10 Å². The van der Waals surface area contributed by atoms with Gasteiger partial charge in [-0.05, 0) is 24.3 Å². The summed E-state index contributed by atoms with van der Waals surface area (Å²) in [6.07, 6.45) is 4.86. The number of rotatable bonds is 6. The van der Waals surface area contributed by atoms with Crippen LogP contribution in [0.25, 0.3) is 17.0 Å². The number of ether oxygens (including phenoxy) is 1. The minimum atomic E-state index is -1.05. The maximum Gasteiger partial charge on any atom is 0.331 e. The van der Waals surface area contributed by atoms with Crippen LogP contribution in [-0.2, 0) is 9.53 Å². The summed E-state index contributed by atoms with van der Waals surface area (Å²) in [6, 6.07) is 19.9. The Hall–Kier alpha value is -3.86. The number of esters is 1. The van der Waals surface area contributed by atoms with E-state index >= 15 is 0 Å². The zero-order valence-electron chi connectivity index (χ0n) is 14.9. The van der Waals surface area contributed by atoms with Gasteiger partial charge in [-0.25, -0.2) is 4.79 Å². The normalized spacial score (nSPS) is 12.3. The summed E-state index contributed by atoms with van der Waals surface area (Å²) in [4.78, 5) is 28.7. The molecule has 2 aromatic carbocycles. The molecule has 1 N–H and O–H groups in total. The lowest BCUT2D eigenvalue weighted by atomic mass is 9.99. The van der Waals surface area contributed by atoms with Crippen LogP contribution in [-0.4, -0.2) is 16.7 Å². The Morgan fingerprint density at radius 3 is 2.54 bits per heavy atom. The molecule has 2 aromatic heterocycles. The molecule has 0 amide bonds. The van der Waals surface area contributed by atoms with E-state index in [9.17, 15) is 9.59 Å². The van der Waals surface area contributed by atoms with Gasteiger partial charge in [0.1, 0.15) is 5.76 Å². The number of aromatic nitrogens is 1. The number of carbonyl (C=O) groups excluding carboxylic acids is 2. The number of hydrogen-bond acceptors (Lipinski definition) is 4. The van der Waals surface area contributed by atoms with Crippen LogP contribution in [0.15, 0.2) is 89.7 Å². The summed E-state index contributed by atoms with van der Waals surface area (Å²) in [5.74, 6) is -0.391. The first-order valence-corrected chi connectivity index (χ1v) is 8.80. The molecule has 4 aromatic rings. The molecule has 5 nitrogen and oxygen atoms in total. The predicted molar refractivity (Wildman–Crippen MR) is 106 cm³/mol. The average Bonchev–Trinajstić information content (AvgIpc) is 3.40. The first kappa shape index (κ1) is 17.5. The molecule has 1 atom stereocenters. The van der Waals surface area contributed by atoms with Crippen LogP contribution in [0.4, 0.5) is 0 Å². The number of furan rings is 1. The lowest BCUT2D eigenvalue weighted by molar-refractivity contribution is -0.141. The smallest absolute Gasteiger partial charge is 0.331 e. The Morgan fingerprint density at radius 2 is 1.75 bits per heavy atom. The van der Waals surface area contributed by atoms with E-state index in [0.29, 0.717) is 16.9 Å². The molecule has 4 rings (SSSR count). The summed E-state index contributed by atoms with van der Waals surface area (Å²) in [5.41, 5.74) is 1.94. The average molecular weight is 371 g/mol. The number of Topliss-reactive ketones (excluding diaryl/α,β-unsaturated/α-hetero) is 1. The highest BCUT2D eigenvalue weighted by molar-refractivity contribution is 6.10. The van der Waals surface area contributed by atoms with Gasteiger partial charge >= 0.3 is 5.97 Å². The number of nitrogens with one attached hydrogen (secondary N) is 1. The van der Waals surface area contributed by atoms with Crippen LogP contribution < -0.4 is 0 Å². The zero-order valence-corrected chi connectivity index (χ0v) is 14.9. The summed E-state index contributed by atoms with van der Waals surface area (Å²) >= 11 is 0. The number of aromatic amines is 1. The molecule has 0 spiro atoms. The minimum absolute atomic E-state index is 0.289. The molecule has 0 unspecified atom stereocenters. The fourth-order valence-electron chi connectivity index (χ4n) is 3.01. The van der Waals surface area contributed by atoms with E-state index in [2.05, 4.69) is 4.98 Å². The van der Waals surface area contributed by atoms with Gasteiger partial charge in [0.25, 0.3) is 0 Å². The van der Waals surface area contributed by atoms with Gasteiger partial charge < -0.3 is 14.1 Å². The van der Waals surface area contributed by atoms with Crippen LogP contribution in [0.1, 0.15) is 27.8 Å². The number of benzene rings is 2. The van der Waals surface area contributed by atoms with Crippen LogP contribution >= 0.6 is 0 Å². The van der Waals surface area contributed by atoms with Gasteiger partial charge in [0.05, 0.1) is 6.26 Å². The Balaban J connectivity index is 1.64. The van der Waals surface area contributed by atoms with Crippen molar-refractivity contribution >= 4 is 28.7 Å². The topological polar surface area (TPSA) is 72.3 Å². The van der Waals surface area contributed by atoms with Crippen molar-refractivity contribution in [1.82, 2.24) is 4.98 Å². The van der Waals surface area contributed by atoms with E-state index in [4.69, 9.17) is 9.15 Å². The molecular weight excluding hydrogens is 354 g/mol. The molecule has 138 valence electrons. The van der Waals surface area contributed by atoms with Crippen molar-refractivity contribution in [1.29, 1.82) is 0 Å². The standard InChI is InChI=1S/C23H17NO4/c25-21(13-12-17-9-6-14-27-17)28-23(16-7-2-1-3-8-16)22(26)19-15-24-20-11-5-4-10-18(19)20/h1-15,23-24H/b13-12+/t23-/m1/s1. The molecule has 0 aliphatic rings. The molecule has 0 saturated heterocycles. The molecule has 0 radical (unpaired) electrons. The van der Waals surface area contributed by atoms with Crippen molar-refractivity contribution in [2.75, 3.05) is 0 Å². The van der Waals surface area contributed by atoms with Gasteiger partial charge in [-0.3, -0.25) is 4.79 Å². The van der Waals surface area contributed by atoms with Crippen molar-refractivity contribution in [3.05, 3.63) is 102 Å². The summed E-state index contributed by atoms with van der Waals surface area (Å²) < 4.78 is 10.7. The number of ketones is 1. The summed E-state index contributed by atoms with van der Waals surface area (Å²) in [5, 5.41) is 0.788. The van der Waals surface area contributed by atoms with Crippen LogP contribution in [0.2, 0.25) is 0 Å². The molecule has 2 heterocycles. The van der Waals surface area contributed by atoms with Crippen molar-refractivity contribution < 1.29 is 18.7 Å². The van der Waals surface area contributed by atoms with E-state index in [1.807, 2.05) is 30.3 Å². The molecule has 28 heavy (non-hydrogen) atoms. The van der Waals surface area contributed by atoms with E-state index in [-0.39, 0.29) is 5.78 Å².